The second-order valence-corrected chi connectivity index (χ2v) is 4.76. The standard InChI is InChI=1S/C14H18N4O2/c1-10-9-11(15)3-4-12(10)16-13(19)5-6-18-8-7-17(2)14(18)20/h3-4,7-9H,5-6,15H2,1-2H3,(H,16,19). The highest BCUT2D eigenvalue weighted by Gasteiger charge is 2.07. The van der Waals surface area contributed by atoms with Gasteiger partial charge in [0.15, 0.2) is 0 Å². The molecule has 1 aromatic carbocycles. The van der Waals surface area contributed by atoms with Crippen LogP contribution in [0.2, 0.25) is 0 Å². The third-order valence-corrected chi connectivity index (χ3v) is 3.12. The zero-order valence-electron chi connectivity index (χ0n) is 11.6. The first-order chi connectivity index (χ1) is 9.47. The number of aromatic nitrogens is 2. The van der Waals surface area contributed by atoms with E-state index < -0.39 is 0 Å². The number of nitrogens with two attached hydrogens (primary N) is 1. The molecule has 1 amide bonds. The smallest absolute Gasteiger partial charge is 0.327 e. The van der Waals surface area contributed by atoms with Crippen molar-refractivity contribution < 1.29 is 4.79 Å². The average molecular weight is 274 g/mol. The van der Waals surface area contributed by atoms with Crippen molar-refractivity contribution >= 4 is 17.3 Å². The number of carbonyl (C=O) groups is 1. The van der Waals surface area contributed by atoms with E-state index in [1.807, 2.05) is 6.92 Å². The molecule has 0 bridgehead atoms. The Hall–Kier alpha value is -2.50. The normalized spacial score (nSPS) is 10.5. The highest BCUT2D eigenvalue weighted by molar-refractivity contribution is 5.91. The van der Waals surface area contributed by atoms with Gasteiger partial charge in [0.25, 0.3) is 0 Å². The Morgan fingerprint density at radius 1 is 1.35 bits per heavy atom. The lowest BCUT2D eigenvalue weighted by Crippen LogP contribution is -2.24. The van der Waals surface area contributed by atoms with E-state index in [1.165, 1.54) is 9.13 Å². The summed E-state index contributed by atoms with van der Waals surface area (Å²) >= 11 is 0. The fourth-order valence-corrected chi connectivity index (χ4v) is 1.94. The molecule has 0 aliphatic carbocycles. The number of hydrogen-bond donors (Lipinski definition) is 2. The van der Waals surface area contributed by atoms with E-state index in [0.29, 0.717) is 12.2 Å². The summed E-state index contributed by atoms with van der Waals surface area (Å²) in [7, 11) is 1.68. The molecule has 0 fully saturated rings. The van der Waals surface area contributed by atoms with Gasteiger partial charge in [-0.1, -0.05) is 0 Å². The van der Waals surface area contributed by atoms with E-state index in [2.05, 4.69) is 5.32 Å². The number of anilines is 2. The lowest BCUT2D eigenvalue weighted by atomic mass is 10.2. The Morgan fingerprint density at radius 2 is 2.10 bits per heavy atom. The molecule has 0 saturated carbocycles. The predicted octanol–water partition coefficient (Wildman–Crippen LogP) is 1.11. The molecule has 3 N–H and O–H groups in total. The molecule has 2 aromatic rings. The number of imidazole rings is 1. The van der Waals surface area contributed by atoms with Crippen molar-refractivity contribution in [2.45, 2.75) is 19.9 Å². The maximum absolute atomic E-state index is 11.9. The minimum Gasteiger partial charge on any atom is -0.399 e. The summed E-state index contributed by atoms with van der Waals surface area (Å²) in [5.74, 6) is -0.131. The lowest BCUT2D eigenvalue weighted by Gasteiger charge is -2.09. The van der Waals surface area contributed by atoms with Gasteiger partial charge in [0.05, 0.1) is 0 Å². The van der Waals surface area contributed by atoms with Crippen molar-refractivity contribution in [2.24, 2.45) is 7.05 Å². The number of nitrogens with one attached hydrogen (secondary N) is 1. The first-order valence-electron chi connectivity index (χ1n) is 6.35. The van der Waals surface area contributed by atoms with Crippen LogP contribution in [0.4, 0.5) is 11.4 Å². The second kappa shape index (κ2) is 5.64. The summed E-state index contributed by atoms with van der Waals surface area (Å²) in [5.41, 5.74) is 7.85. The topological polar surface area (TPSA) is 82.0 Å². The molecule has 6 heteroatoms. The highest BCUT2D eigenvalue weighted by Crippen LogP contribution is 2.17. The van der Waals surface area contributed by atoms with Gasteiger partial charge in [-0.25, -0.2) is 4.79 Å². The Labute approximate surface area is 116 Å². The van der Waals surface area contributed by atoms with Gasteiger partial charge in [-0.05, 0) is 30.7 Å². The highest BCUT2D eigenvalue weighted by atomic mass is 16.2. The largest absolute Gasteiger partial charge is 0.399 e. The van der Waals surface area contributed by atoms with Crippen LogP contribution >= 0.6 is 0 Å². The first kappa shape index (κ1) is 13.9. The molecule has 106 valence electrons. The molecule has 2 rings (SSSR count). The quantitative estimate of drug-likeness (QED) is 0.819. The van der Waals surface area contributed by atoms with E-state index in [1.54, 1.807) is 37.6 Å². The van der Waals surface area contributed by atoms with E-state index >= 15 is 0 Å². The molecule has 0 saturated heterocycles. The third-order valence-electron chi connectivity index (χ3n) is 3.12. The first-order valence-corrected chi connectivity index (χ1v) is 6.35. The minimum atomic E-state index is -0.131. The zero-order chi connectivity index (χ0) is 14.7. The summed E-state index contributed by atoms with van der Waals surface area (Å²) in [6.07, 6.45) is 3.59. The number of nitrogens with zero attached hydrogens (tertiary/aromatic N) is 2. The number of benzene rings is 1. The third kappa shape index (κ3) is 3.09. The molecule has 1 heterocycles. The minimum absolute atomic E-state index is 0.124. The fraction of sp³-hybridized carbons (Fsp3) is 0.286. The molecule has 0 spiro atoms. The van der Waals surface area contributed by atoms with Gasteiger partial charge >= 0.3 is 5.69 Å². The van der Waals surface area contributed by atoms with Crippen LogP contribution in [-0.4, -0.2) is 15.0 Å². The summed E-state index contributed by atoms with van der Waals surface area (Å²) in [5, 5.41) is 2.82. The van der Waals surface area contributed by atoms with E-state index in [4.69, 9.17) is 5.73 Å². The van der Waals surface area contributed by atoms with Crippen molar-refractivity contribution in [2.75, 3.05) is 11.1 Å². The molecule has 0 atom stereocenters. The van der Waals surface area contributed by atoms with Crippen LogP contribution in [-0.2, 0) is 18.4 Å². The maximum atomic E-state index is 11.9. The van der Waals surface area contributed by atoms with Crippen LogP contribution in [0.1, 0.15) is 12.0 Å². The monoisotopic (exact) mass is 274 g/mol. The molecular weight excluding hydrogens is 256 g/mol. The second-order valence-electron chi connectivity index (χ2n) is 4.76. The summed E-state index contributed by atoms with van der Waals surface area (Å²) in [4.78, 5) is 23.5. The molecule has 1 aromatic heterocycles. The Kier molecular flexibility index (Phi) is 3.93. The molecule has 0 aliphatic rings. The summed E-state index contributed by atoms with van der Waals surface area (Å²) in [6.45, 7) is 2.24. The number of aryl methyl sites for hydroxylation is 3. The molecular formula is C14H18N4O2. The number of nitrogen functional groups attached to an aromatic ring is 1. The predicted molar refractivity (Wildman–Crippen MR) is 78.5 cm³/mol. The number of carbonyl (C=O) groups excluding carboxylic acids is 1. The molecule has 6 nitrogen and oxygen atoms in total. The Bertz CT molecular complexity index is 685. The fourth-order valence-electron chi connectivity index (χ4n) is 1.94. The molecule has 0 radical (unpaired) electrons. The Balaban J connectivity index is 1.96. The molecule has 20 heavy (non-hydrogen) atoms. The number of rotatable bonds is 4. The van der Waals surface area contributed by atoms with Gasteiger partial charge in [0, 0.05) is 43.8 Å². The van der Waals surface area contributed by atoms with Crippen LogP contribution in [0.25, 0.3) is 0 Å². The van der Waals surface area contributed by atoms with Crippen molar-refractivity contribution in [3.8, 4) is 0 Å². The van der Waals surface area contributed by atoms with Crippen molar-refractivity contribution in [1.29, 1.82) is 0 Å². The van der Waals surface area contributed by atoms with E-state index in [0.717, 1.165) is 11.3 Å². The van der Waals surface area contributed by atoms with Gasteiger partial charge in [0.1, 0.15) is 0 Å². The molecule has 0 unspecified atom stereocenters. The van der Waals surface area contributed by atoms with Gasteiger partial charge in [-0.3, -0.25) is 9.36 Å². The van der Waals surface area contributed by atoms with E-state index in [-0.39, 0.29) is 18.0 Å². The van der Waals surface area contributed by atoms with Gasteiger partial charge in [-0.2, -0.15) is 0 Å². The van der Waals surface area contributed by atoms with E-state index in [9.17, 15) is 9.59 Å². The van der Waals surface area contributed by atoms with Crippen molar-refractivity contribution in [3.63, 3.8) is 0 Å². The zero-order valence-corrected chi connectivity index (χ0v) is 11.6. The Morgan fingerprint density at radius 3 is 2.70 bits per heavy atom. The molecule has 0 aliphatic heterocycles. The van der Waals surface area contributed by atoms with Crippen LogP contribution < -0.4 is 16.7 Å². The summed E-state index contributed by atoms with van der Waals surface area (Å²) in [6, 6.07) is 5.32. The van der Waals surface area contributed by atoms with Crippen molar-refractivity contribution in [1.82, 2.24) is 9.13 Å². The van der Waals surface area contributed by atoms with Crippen LogP contribution in [0.3, 0.4) is 0 Å². The van der Waals surface area contributed by atoms with Gasteiger partial charge in [-0.15, -0.1) is 0 Å². The summed E-state index contributed by atoms with van der Waals surface area (Å²) < 4.78 is 2.98. The lowest BCUT2D eigenvalue weighted by molar-refractivity contribution is -0.116. The average Bonchev–Trinajstić information content (AvgIpc) is 2.71. The van der Waals surface area contributed by atoms with Crippen LogP contribution in [0.5, 0.6) is 0 Å². The van der Waals surface area contributed by atoms with Crippen LogP contribution in [0.15, 0.2) is 35.4 Å². The van der Waals surface area contributed by atoms with Crippen LogP contribution in [0, 0.1) is 6.92 Å². The van der Waals surface area contributed by atoms with Gasteiger partial charge in [0.2, 0.25) is 5.91 Å². The number of amides is 1. The maximum Gasteiger partial charge on any atom is 0.327 e. The van der Waals surface area contributed by atoms with Gasteiger partial charge < -0.3 is 15.6 Å². The number of hydrogen-bond acceptors (Lipinski definition) is 3. The SMILES string of the molecule is Cc1cc(N)ccc1NC(=O)CCn1ccn(C)c1=O. The van der Waals surface area contributed by atoms with Crippen molar-refractivity contribution in [3.05, 3.63) is 46.6 Å².